The molecule has 0 aliphatic rings. The van der Waals surface area contributed by atoms with Gasteiger partial charge in [-0.25, -0.2) is 42.5 Å². The number of hydrogen-bond acceptors (Lipinski definition) is 23. The Morgan fingerprint density at radius 2 is 0.609 bits per heavy atom. The molecule has 0 amide bonds. The Balaban J connectivity index is 0.000000136. The van der Waals surface area contributed by atoms with Gasteiger partial charge in [-0.05, 0) is 158 Å². The van der Waals surface area contributed by atoms with E-state index in [4.69, 9.17) is 98.3 Å². The average Bonchev–Trinajstić information content (AvgIpc) is 0.856. The van der Waals surface area contributed by atoms with Crippen LogP contribution in [0.2, 0.25) is 30.1 Å². The third-order valence-electron chi connectivity index (χ3n) is 15.2. The zero-order valence-corrected chi connectivity index (χ0v) is 60.6. The molecule has 15 rings (SSSR count). The van der Waals surface area contributed by atoms with Crippen LogP contribution in [0.5, 0.6) is 28.7 Å². The Bertz CT molecular complexity index is 5600. The van der Waals surface area contributed by atoms with Crippen LogP contribution in [-0.2, 0) is 0 Å². The van der Waals surface area contributed by atoms with Gasteiger partial charge in [0.1, 0.15) is 110 Å². The molecule has 0 saturated carbocycles. The topological polar surface area (TPSA) is 399 Å². The number of nitrogens with zero attached hydrogens (tertiary/aromatic N) is 13. The molecule has 33 heteroatoms. The molecule has 0 saturated heterocycles. The quantitative estimate of drug-likeness (QED) is 0.0569. The first kappa shape index (κ1) is 77.9. The molecule has 0 spiro atoms. The lowest BCUT2D eigenvalue weighted by molar-refractivity contribution is 0.475. The Morgan fingerprint density at radius 3 is 0.964 bits per heavy atom. The van der Waals surface area contributed by atoms with E-state index in [0.29, 0.717) is 96.5 Å². The minimum atomic E-state index is -0.781. The fourth-order valence-corrected chi connectivity index (χ4v) is 11.3. The minimum absolute atomic E-state index is 0.0169. The van der Waals surface area contributed by atoms with E-state index in [1.165, 1.54) is 104 Å². The van der Waals surface area contributed by atoms with Gasteiger partial charge in [0.05, 0.1) is 107 Å². The Hall–Kier alpha value is -13.2. The van der Waals surface area contributed by atoms with Crippen molar-refractivity contribution >= 4 is 98.7 Å². The lowest BCUT2D eigenvalue weighted by Crippen LogP contribution is -2.00. The number of nitrogens with two attached hydrogens (primary N) is 5. The SMILES string of the molecule is Nc1cnc(-c2ccc(O)c(Cl)c2)c(-c2ccc(F)cc2Cl)n1.Nc1cnc(-c2ccc(O)c(Cl)c2)c(-c2ccc(F)cc2F)n1.Nc1cnc(-c2ccc(O)c(Cl)c2)c(-c2ccc(F)cn2)n1.Nc1cnc(-c2ccc(O)c(Cl)c2)c(-c2ccccn2)n1.Nc1cnc(-c2ccc(O)c(Cl)c2)c(-c2cccnc2)n1. The number of rotatable bonds is 10. The molecule has 8 heterocycles. The minimum Gasteiger partial charge on any atom is -0.506 e. The summed E-state index contributed by atoms with van der Waals surface area (Å²) in [5, 5.41) is 48.8. The van der Waals surface area contributed by atoms with Crippen LogP contribution < -0.4 is 28.7 Å². The first-order valence-corrected chi connectivity index (χ1v) is 33.9. The van der Waals surface area contributed by atoms with Crippen molar-refractivity contribution in [1.82, 2.24) is 64.8 Å². The molecule has 15 aromatic rings. The van der Waals surface area contributed by atoms with Gasteiger partial charge in [0.25, 0.3) is 0 Å². The maximum atomic E-state index is 14.1. The van der Waals surface area contributed by atoms with Crippen LogP contribution in [0.4, 0.5) is 46.7 Å². The third kappa shape index (κ3) is 19.2. The highest BCUT2D eigenvalue weighted by molar-refractivity contribution is 6.34. The van der Waals surface area contributed by atoms with Crippen LogP contribution in [-0.4, -0.2) is 90.3 Å². The van der Waals surface area contributed by atoms with Gasteiger partial charge in [0, 0.05) is 69.2 Å². The molecule has 15 N–H and O–H groups in total. The number of phenols is 5. The van der Waals surface area contributed by atoms with E-state index in [-0.39, 0.29) is 87.6 Å². The highest BCUT2D eigenvalue weighted by atomic mass is 35.5. The smallest absolute Gasteiger partial charge is 0.142 e. The Kier molecular flexibility index (Phi) is 24.8. The van der Waals surface area contributed by atoms with Crippen LogP contribution in [0.1, 0.15) is 0 Å². The van der Waals surface area contributed by atoms with E-state index in [1.807, 2.05) is 30.3 Å². The summed E-state index contributed by atoms with van der Waals surface area (Å²) in [5.74, 6) is -1.36. The number of halogens is 10. The van der Waals surface area contributed by atoms with Gasteiger partial charge < -0.3 is 54.2 Å². The van der Waals surface area contributed by atoms with E-state index in [2.05, 4.69) is 64.8 Å². The molecule has 0 unspecified atom stereocenters. The molecule has 7 aromatic carbocycles. The van der Waals surface area contributed by atoms with Crippen LogP contribution in [0, 0.1) is 23.3 Å². The lowest BCUT2D eigenvalue weighted by Gasteiger charge is -2.11. The summed E-state index contributed by atoms with van der Waals surface area (Å²) in [7, 11) is 0. The number of hydrogen-bond donors (Lipinski definition) is 10. The standard InChI is InChI=1S/C16H10Cl2FN3O.C16H10ClF2N3O.C15H10ClFN4O.2C15H11ClN4O/c17-11-6-9(19)2-3-10(11)16-15(21-7-14(20)22-16)8-1-4-13(23)12(18)5-8;17-11-5-8(1-4-13(11)23)15-16(22-14(20)7-21-15)10-3-2-9(18)6-12(10)19;16-10-5-8(1-4-12(10)22)14-15(21-13(18)7-20-14)11-3-2-9(17)6-19-11;16-11-6-9(3-4-12(11)21)14-15(20-13(17)8-19-14)10-2-1-5-18-7-10;16-10-7-9(4-5-12(10)21)14-15(20-13(17)8-19-14)11-3-1-2-6-18-11/h2*1-7,23H,(H2,20,22);1-7,22H,(H2,18,21);2*1-8,21H,(H2,17,20). The third-order valence-corrected chi connectivity index (χ3v) is 17.1. The Morgan fingerprint density at radius 1 is 0.255 bits per heavy atom. The Labute approximate surface area is 651 Å². The van der Waals surface area contributed by atoms with E-state index < -0.39 is 23.3 Å². The van der Waals surface area contributed by atoms with Crippen molar-refractivity contribution in [2.45, 2.75) is 0 Å². The maximum Gasteiger partial charge on any atom is 0.142 e. The largest absolute Gasteiger partial charge is 0.506 e. The van der Waals surface area contributed by atoms with E-state index in [0.717, 1.165) is 35.0 Å². The summed E-state index contributed by atoms with van der Waals surface area (Å²) >= 11 is 35.8. The van der Waals surface area contributed by atoms with Gasteiger partial charge in [0.15, 0.2) is 0 Å². The van der Waals surface area contributed by atoms with Gasteiger partial charge in [0.2, 0.25) is 0 Å². The maximum absolute atomic E-state index is 14.1. The van der Waals surface area contributed by atoms with Crippen LogP contribution in [0.25, 0.3) is 113 Å². The van der Waals surface area contributed by atoms with Crippen LogP contribution in [0.15, 0.2) is 226 Å². The number of benzene rings is 7. The normalized spacial score (nSPS) is 10.6. The number of phenolic OH excluding ortho intramolecular Hbond substituents is 5. The summed E-state index contributed by atoms with van der Waals surface area (Å²) < 4.78 is 53.5. The molecular weight excluding hydrogens is 1550 g/mol. The number of pyridine rings is 3. The second kappa shape index (κ2) is 35.1. The predicted molar refractivity (Wildman–Crippen MR) is 418 cm³/mol. The molecule has 0 bridgehead atoms. The molecule has 0 aliphatic heterocycles. The average molecular weight is 1600 g/mol. The summed E-state index contributed by atoms with van der Waals surface area (Å²) in [6, 6.07) is 42.6. The number of aromatic nitrogens is 13. The second-order valence-electron chi connectivity index (χ2n) is 22.9. The van der Waals surface area contributed by atoms with Crippen molar-refractivity contribution in [3.8, 4) is 142 Å². The van der Waals surface area contributed by atoms with Crippen molar-refractivity contribution < 1.29 is 43.1 Å². The highest BCUT2D eigenvalue weighted by Gasteiger charge is 2.21. The molecule has 550 valence electrons. The van der Waals surface area contributed by atoms with Crippen LogP contribution >= 0.6 is 69.6 Å². The van der Waals surface area contributed by atoms with Gasteiger partial charge in [-0.1, -0.05) is 75.7 Å². The fraction of sp³-hybridized carbons (Fsp3) is 0. The molecule has 0 aliphatic carbocycles. The summed E-state index contributed by atoms with van der Waals surface area (Å²) in [6.45, 7) is 0. The lowest BCUT2D eigenvalue weighted by atomic mass is 10.0. The molecule has 23 nitrogen and oxygen atoms in total. The molecule has 0 fully saturated rings. The van der Waals surface area contributed by atoms with Gasteiger partial charge >= 0.3 is 0 Å². The first-order valence-electron chi connectivity index (χ1n) is 31.7. The first-order chi connectivity index (χ1) is 52.7. The molecule has 8 aromatic heterocycles. The van der Waals surface area contributed by atoms with Gasteiger partial charge in [-0.2, -0.15) is 0 Å². The van der Waals surface area contributed by atoms with Crippen molar-refractivity contribution in [3.05, 3.63) is 279 Å². The second-order valence-corrected chi connectivity index (χ2v) is 25.3. The van der Waals surface area contributed by atoms with Crippen molar-refractivity contribution in [3.63, 3.8) is 0 Å². The number of aromatic hydroxyl groups is 5. The van der Waals surface area contributed by atoms with E-state index in [1.54, 1.807) is 73.2 Å². The van der Waals surface area contributed by atoms with Crippen LogP contribution in [0.3, 0.4) is 0 Å². The number of nitrogen functional groups attached to an aromatic ring is 5. The number of anilines is 5. The predicted octanol–water partition coefficient (Wildman–Crippen LogP) is 18.2. The molecular formula is C77H52Cl6F4N18O5. The van der Waals surface area contributed by atoms with Crippen molar-refractivity contribution in [1.29, 1.82) is 0 Å². The zero-order chi connectivity index (χ0) is 78.4. The van der Waals surface area contributed by atoms with Crippen molar-refractivity contribution in [2.75, 3.05) is 28.7 Å². The van der Waals surface area contributed by atoms with E-state index in [9.17, 15) is 43.1 Å². The molecule has 0 atom stereocenters. The highest BCUT2D eigenvalue weighted by Crippen LogP contribution is 2.41. The molecule has 110 heavy (non-hydrogen) atoms. The van der Waals surface area contributed by atoms with Gasteiger partial charge in [-0.15, -0.1) is 0 Å². The molecule has 0 radical (unpaired) electrons. The summed E-state index contributed by atoms with van der Waals surface area (Å²) in [5.41, 5.74) is 38.8. The van der Waals surface area contributed by atoms with Crippen molar-refractivity contribution in [2.24, 2.45) is 0 Å². The monoisotopic (exact) mass is 1590 g/mol. The summed E-state index contributed by atoms with van der Waals surface area (Å²) in [6.07, 6.45) is 13.2. The summed E-state index contributed by atoms with van der Waals surface area (Å²) in [4.78, 5) is 55.0. The zero-order valence-electron chi connectivity index (χ0n) is 56.1. The van der Waals surface area contributed by atoms with Gasteiger partial charge in [-0.3, -0.25) is 39.9 Å². The van der Waals surface area contributed by atoms with E-state index >= 15 is 0 Å². The fourth-order valence-electron chi connectivity index (χ4n) is 10.2.